The fourth-order valence-electron chi connectivity index (χ4n) is 2.22. The van der Waals surface area contributed by atoms with E-state index >= 15 is 0 Å². The van der Waals surface area contributed by atoms with Gasteiger partial charge in [0.05, 0.1) is 29.4 Å². The number of alkyl halides is 3. The third-order valence-electron chi connectivity index (χ3n) is 3.33. The van der Waals surface area contributed by atoms with Crippen LogP contribution in [0.5, 0.6) is 0 Å². The summed E-state index contributed by atoms with van der Waals surface area (Å²) in [6, 6.07) is 12.8. The first-order valence-corrected chi connectivity index (χ1v) is 7.42. The number of benzene rings is 1. The fourth-order valence-corrected chi connectivity index (χ4v) is 2.22. The van der Waals surface area contributed by atoms with Crippen molar-refractivity contribution in [2.24, 2.45) is 5.10 Å². The van der Waals surface area contributed by atoms with Gasteiger partial charge in [-0.2, -0.15) is 23.4 Å². The van der Waals surface area contributed by atoms with Crippen molar-refractivity contribution in [3.8, 4) is 5.69 Å². The molecule has 1 aromatic carbocycles. The van der Waals surface area contributed by atoms with Crippen LogP contribution in [0.25, 0.3) is 5.69 Å². The summed E-state index contributed by atoms with van der Waals surface area (Å²) in [5.41, 5.74) is 0.903. The molecule has 2 aromatic heterocycles. The van der Waals surface area contributed by atoms with Gasteiger partial charge in [0.25, 0.3) is 5.91 Å². The van der Waals surface area contributed by atoms with E-state index in [4.69, 9.17) is 0 Å². The van der Waals surface area contributed by atoms with Gasteiger partial charge in [-0.1, -0.05) is 24.3 Å². The minimum absolute atomic E-state index is 0.191. The van der Waals surface area contributed by atoms with Gasteiger partial charge in [0.15, 0.2) is 5.69 Å². The van der Waals surface area contributed by atoms with Crippen molar-refractivity contribution in [2.75, 3.05) is 0 Å². The number of aromatic nitrogens is 3. The van der Waals surface area contributed by atoms with Crippen molar-refractivity contribution in [1.82, 2.24) is 20.2 Å². The van der Waals surface area contributed by atoms with E-state index < -0.39 is 23.3 Å². The van der Waals surface area contributed by atoms with Crippen LogP contribution in [0.2, 0.25) is 0 Å². The molecule has 0 radical (unpaired) electrons. The van der Waals surface area contributed by atoms with E-state index in [1.54, 1.807) is 36.4 Å². The van der Waals surface area contributed by atoms with Crippen LogP contribution in [-0.2, 0) is 6.18 Å². The van der Waals surface area contributed by atoms with Crippen LogP contribution in [-0.4, -0.2) is 26.9 Å². The minimum atomic E-state index is -4.77. The van der Waals surface area contributed by atoms with E-state index in [1.807, 2.05) is 0 Å². The monoisotopic (exact) mass is 359 g/mol. The van der Waals surface area contributed by atoms with E-state index in [2.05, 4.69) is 20.6 Å². The highest BCUT2D eigenvalue weighted by atomic mass is 19.4. The number of rotatable bonds is 4. The first kappa shape index (κ1) is 17.3. The number of amides is 1. The van der Waals surface area contributed by atoms with Crippen LogP contribution in [0, 0.1) is 0 Å². The standard InChI is InChI=1S/C17H12F3N5O/c18-17(19,20)15-14(11-23-25(15)13-7-2-1-3-8-13)16(26)24-22-10-12-6-4-5-9-21-12/h1-11H,(H,24,26)/b22-10+. The van der Waals surface area contributed by atoms with Crippen LogP contribution < -0.4 is 5.43 Å². The zero-order valence-corrected chi connectivity index (χ0v) is 13.2. The third kappa shape index (κ3) is 3.77. The largest absolute Gasteiger partial charge is 0.434 e. The van der Waals surface area contributed by atoms with E-state index in [0.717, 1.165) is 6.20 Å². The molecule has 2 heterocycles. The molecule has 0 bridgehead atoms. The number of nitrogens with zero attached hydrogens (tertiary/aromatic N) is 4. The van der Waals surface area contributed by atoms with Crippen molar-refractivity contribution in [1.29, 1.82) is 0 Å². The van der Waals surface area contributed by atoms with E-state index in [0.29, 0.717) is 10.4 Å². The SMILES string of the molecule is O=C(N/N=C/c1ccccn1)c1cnn(-c2ccccc2)c1C(F)(F)F. The van der Waals surface area contributed by atoms with E-state index in [1.165, 1.54) is 24.5 Å². The van der Waals surface area contributed by atoms with Crippen LogP contribution in [0.4, 0.5) is 13.2 Å². The van der Waals surface area contributed by atoms with Crippen molar-refractivity contribution in [3.63, 3.8) is 0 Å². The Kier molecular flexibility index (Phi) is 4.78. The van der Waals surface area contributed by atoms with Gasteiger partial charge < -0.3 is 0 Å². The Labute approximate surface area is 146 Å². The highest BCUT2D eigenvalue weighted by Gasteiger charge is 2.40. The Bertz CT molecular complexity index is 921. The highest BCUT2D eigenvalue weighted by molar-refractivity contribution is 5.96. The number of para-hydroxylation sites is 1. The quantitative estimate of drug-likeness (QED) is 0.575. The number of nitrogens with one attached hydrogen (secondary N) is 1. The number of hydrogen-bond donors (Lipinski definition) is 1. The molecule has 0 saturated carbocycles. The molecule has 6 nitrogen and oxygen atoms in total. The second kappa shape index (κ2) is 7.18. The molecule has 0 atom stereocenters. The fraction of sp³-hybridized carbons (Fsp3) is 0.0588. The zero-order valence-electron chi connectivity index (χ0n) is 13.2. The summed E-state index contributed by atoms with van der Waals surface area (Å²) < 4.78 is 41.1. The molecule has 3 aromatic rings. The smallest absolute Gasteiger partial charge is 0.267 e. The summed E-state index contributed by atoms with van der Waals surface area (Å²) in [6.07, 6.45) is -1.16. The Hall–Kier alpha value is -3.49. The number of carbonyl (C=O) groups is 1. The molecule has 0 aliphatic heterocycles. The van der Waals surface area contributed by atoms with Crippen molar-refractivity contribution >= 4 is 12.1 Å². The van der Waals surface area contributed by atoms with Gasteiger partial charge in [0.1, 0.15) is 0 Å². The number of halogens is 3. The average Bonchev–Trinajstić information content (AvgIpc) is 3.09. The Morgan fingerprint density at radius 2 is 1.85 bits per heavy atom. The zero-order chi connectivity index (χ0) is 18.6. The Balaban J connectivity index is 1.89. The molecule has 0 aliphatic rings. The van der Waals surface area contributed by atoms with Crippen LogP contribution >= 0.6 is 0 Å². The van der Waals surface area contributed by atoms with Gasteiger partial charge in [-0.15, -0.1) is 0 Å². The molecule has 0 fully saturated rings. The molecule has 132 valence electrons. The lowest BCUT2D eigenvalue weighted by molar-refractivity contribution is -0.143. The molecular weight excluding hydrogens is 347 g/mol. The molecule has 0 saturated heterocycles. The maximum Gasteiger partial charge on any atom is 0.434 e. The maximum absolute atomic E-state index is 13.5. The number of hydrazone groups is 1. The van der Waals surface area contributed by atoms with Gasteiger partial charge in [0, 0.05) is 6.20 Å². The lowest BCUT2D eigenvalue weighted by atomic mass is 10.2. The predicted octanol–water partition coefficient (Wildman–Crippen LogP) is 3.05. The first-order chi connectivity index (χ1) is 12.5. The van der Waals surface area contributed by atoms with Crippen molar-refractivity contribution < 1.29 is 18.0 Å². The van der Waals surface area contributed by atoms with Gasteiger partial charge in [-0.3, -0.25) is 9.78 Å². The average molecular weight is 359 g/mol. The summed E-state index contributed by atoms with van der Waals surface area (Å²) in [7, 11) is 0. The number of pyridine rings is 1. The molecule has 9 heteroatoms. The number of carbonyl (C=O) groups excluding carboxylic acids is 1. The molecule has 1 N–H and O–H groups in total. The summed E-state index contributed by atoms with van der Waals surface area (Å²) >= 11 is 0. The van der Waals surface area contributed by atoms with Crippen LogP contribution in [0.15, 0.2) is 66.0 Å². The summed E-state index contributed by atoms with van der Waals surface area (Å²) in [4.78, 5) is 16.1. The highest BCUT2D eigenvalue weighted by Crippen LogP contribution is 2.33. The topological polar surface area (TPSA) is 72.2 Å². The van der Waals surface area contributed by atoms with Gasteiger partial charge in [0.2, 0.25) is 0 Å². The first-order valence-electron chi connectivity index (χ1n) is 7.42. The Morgan fingerprint density at radius 3 is 2.50 bits per heavy atom. The van der Waals surface area contributed by atoms with Crippen molar-refractivity contribution in [2.45, 2.75) is 6.18 Å². The lowest BCUT2D eigenvalue weighted by Crippen LogP contribution is -2.23. The summed E-state index contributed by atoms with van der Waals surface area (Å²) in [5.74, 6) is -1.02. The molecule has 26 heavy (non-hydrogen) atoms. The normalized spacial score (nSPS) is 11.7. The molecule has 1 amide bonds. The van der Waals surface area contributed by atoms with Gasteiger partial charge in [-0.25, -0.2) is 10.1 Å². The second-order valence-electron chi connectivity index (χ2n) is 5.11. The molecule has 0 aliphatic carbocycles. The molecular formula is C17H12F3N5O. The molecule has 3 rings (SSSR count). The predicted molar refractivity (Wildman–Crippen MR) is 87.9 cm³/mol. The summed E-state index contributed by atoms with van der Waals surface area (Å²) in [6.45, 7) is 0. The maximum atomic E-state index is 13.5. The second-order valence-corrected chi connectivity index (χ2v) is 5.11. The molecule has 0 spiro atoms. The Morgan fingerprint density at radius 1 is 1.12 bits per heavy atom. The van der Waals surface area contributed by atoms with E-state index in [9.17, 15) is 18.0 Å². The van der Waals surface area contributed by atoms with Gasteiger partial charge >= 0.3 is 6.18 Å². The summed E-state index contributed by atoms with van der Waals surface area (Å²) in [5, 5.41) is 7.34. The van der Waals surface area contributed by atoms with Gasteiger partial charge in [-0.05, 0) is 24.3 Å². The number of hydrogen-bond acceptors (Lipinski definition) is 4. The molecule has 0 unspecified atom stereocenters. The van der Waals surface area contributed by atoms with Crippen LogP contribution in [0.1, 0.15) is 21.7 Å². The van der Waals surface area contributed by atoms with E-state index in [-0.39, 0.29) is 5.69 Å². The lowest BCUT2D eigenvalue weighted by Gasteiger charge is -2.12. The minimum Gasteiger partial charge on any atom is -0.267 e. The third-order valence-corrected chi connectivity index (χ3v) is 3.33. The van der Waals surface area contributed by atoms with Crippen molar-refractivity contribution in [3.05, 3.63) is 77.9 Å². The van der Waals surface area contributed by atoms with Crippen LogP contribution in [0.3, 0.4) is 0 Å².